The zero-order chi connectivity index (χ0) is 21.9. The third-order valence-electron chi connectivity index (χ3n) is 4.29. The van der Waals surface area contributed by atoms with E-state index in [1.54, 1.807) is 36.5 Å². The fourth-order valence-electron chi connectivity index (χ4n) is 2.63. The van der Waals surface area contributed by atoms with Crippen LogP contribution in [0.25, 0.3) is 6.08 Å². The van der Waals surface area contributed by atoms with Crippen molar-refractivity contribution in [1.29, 1.82) is 0 Å². The second kappa shape index (κ2) is 11.1. The van der Waals surface area contributed by atoms with E-state index in [4.69, 9.17) is 4.74 Å². The zero-order valence-electron chi connectivity index (χ0n) is 17.1. The number of carbonyl (C=O) groups is 2. The van der Waals surface area contributed by atoms with Gasteiger partial charge in [-0.3, -0.25) is 15.0 Å². The van der Waals surface area contributed by atoms with Gasteiger partial charge in [-0.2, -0.15) is 0 Å². The second-order valence-electron chi connectivity index (χ2n) is 6.53. The van der Waals surface area contributed by atoms with Gasteiger partial charge >= 0.3 is 0 Å². The molecule has 0 fully saturated rings. The Kier molecular flexibility index (Phi) is 7.65. The Balaban J connectivity index is 1.41. The lowest BCUT2D eigenvalue weighted by molar-refractivity contribution is -0.123. The summed E-state index contributed by atoms with van der Waals surface area (Å²) in [6, 6.07) is 23.7. The van der Waals surface area contributed by atoms with Gasteiger partial charge in [0.2, 0.25) is 0 Å². The average molecular weight is 416 g/mol. The summed E-state index contributed by atoms with van der Waals surface area (Å²) in [5.74, 6) is 0.165. The molecule has 158 valence electrons. The predicted molar refractivity (Wildman–Crippen MR) is 123 cm³/mol. The highest BCUT2D eigenvalue weighted by Crippen LogP contribution is 2.14. The Hall–Kier alpha value is -4.26. The molecule has 0 radical (unpaired) electrons. The van der Waals surface area contributed by atoms with Crippen LogP contribution in [0.5, 0.6) is 5.75 Å². The van der Waals surface area contributed by atoms with E-state index < -0.39 is 0 Å². The molecule has 2 amide bonds. The Morgan fingerprint density at radius 2 is 1.55 bits per heavy atom. The molecule has 0 aliphatic carbocycles. The highest BCUT2D eigenvalue weighted by Gasteiger charge is 2.05. The van der Waals surface area contributed by atoms with E-state index in [0.29, 0.717) is 17.0 Å². The van der Waals surface area contributed by atoms with Gasteiger partial charge in [-0.1, -0.05) is 30.3 Å². The van der Waals surface area contributed by atoms with Gasteiger partial charge in [-0.15, -0.1) is 0 Å². The van der Waals surface area contributed by atoms with Crippen molar-refractivity contribution >= 4 is 29.3 Å². The molecule has 0 unspecified atom stereocenters. The zero-order valence-corrected chi connectivity index (χ0v) is 17.1. The topological polar surface area (TPSA) is 91.5 Å². The minimum absolute atomic E-state index is 0.0864. The van der Waals surface area contributed by atoms with Gasteiger partial charge in [-0.25, -0.2) is 0 Å². The Morgan fingerprint density at radius 1 is 0.871 bits per heavy atom. The highest BCUT2D eigenvalue weighted by atomic mass is 16.5. The van der Waals surface area contributed by atoms with E-state index in [9.17, 15) is 9.59 Å². The van der Waals surface area contributed by atoms with E-state index in [0.717, 1.165) is 11.3 Å². The number of ether oxygens (including phenoxy) is 1. The maximum atomic E-state index is 12.3. The largest absolute Gasteiger partial charge is 0.484 e. The monoisotopic (exact) mass is 416 g/mol. The molecule has 31 heavy (non-hydrogen) atoms. The third-order valence-corrected chi connectivity index (χ3v) is 4.29. The van der Waals surface area contributed by atoms with Crippen LogP contribution < -0.4 is 26.2 Å². The molecule has 0 bridgehead atoms. The van der Waals surface area contributed by atoms with Crippen LogP contribution in [0.1, 0.15) is 15.9 Å². The SMILES string of the molecule is CNc1ccc(C(=O)Nc2ccc(/C=C/NNC(=O)COc3ccccc3)cc2)cc1. The first-order chi connectivity index (χ1) is 15.1. The molecule has 7 heteroatoms. The number of anilines is 2. The predicted octanol–water partition coefficient (Wildman–Crippen LogP) is 3.65. The van der Waals surface area contributed by atoms with Gasteiger partial charge in [0, 0.05) is 30.2 Å². The lowest BCUT2D eigenvalue weighted by Gasteiger charge is -2.07. The molecule has 4 N–H and O–H groups in total. The molecule has 0 saturated carbocycles. The standard InChI is InChI=1S/C24H24N4O3/c1-25-20-13-9-19(10-14-20)24(30)27-21-11-7-18(8-12-21)15-16-26-28-23(29)17-31-22-5-3-2-4-6-22/h2-16,25-26H,17H2,1H3,(H,27,30)(H,28,29)/b16-15+. The number of hydrazine groups is 1. The molecule has 3 aromatic rings. The quantitative estimate of drug-likeness (QED) is 0.400. The summed E-state index contributed by atoms with van der Waals surface area (Å²) in [4.78, 5) is 24.1. The molecule has 0 aromatic heterocycles. The Morgan fingerprint density at radius 3 is 2.23 bits per heavy atom. The van der Waals surface area contributed by atoms with Gasteiger partial charge in [0.1, 0.15) is 5.75 Å². The molecule has 0 spiro atoms. The van der Waals surface area contributed by atoms with Crippen LogP contribution in [0, 0.1) is 0 Å². The molecule has 3 aromatic carbocycles. The summed E-state index contributed by atoms with van der Waals surface area (Å²) in [5, 5.41) is 5.88. The number of nitrogens with one attached hydrogen (secondary N) is 4. The molecule has 0 aliphatic rings. The van der Waals surface area contributed by atoms with Crippen molar-refractivity contribution in [2.45, 2.75) is 0 Å². The molecule has 3 rings (SSSR count). The summed E-state index contributed by atoms with van der Waals surface area (Å²) in [5.41, 5.74) is 8.36. The normalized spacial score (nSPS) is 10.4. The summed E-state index contributed by atoms with van der Waals surface area (Å²) in [7, 11) is 1.83. The average Bonchev–Trinajstić information content (AvgIpc) is 2.82. The second-order valence-corrected chi connectivity index (χ2v) is 6.53. The van der Waals surface area contributed by atoms with Gasteiger partial charge < -0.3 is 20.8 Å². The number of hydrogen-bond acceptors (Lipinski definition) is 5. The van der Waals surface area contributed by atoms with E-state index in [1.165, 1.54) is 0 Å². The lowest BCUT2D eigenvalue weighted by atomic mass is 10.1. The minimum atomic E-state index is -0.297. The van der Waals surface area contributed by atoms with E-state index in [-0.39, 0.29) is 18.4 Å². The van der Waals surface area contributed by atoms with Crippen molar-refractivity contribution in [2.75, 3.05) is 24.3 Å². The Bertz CT molecular complexity index is 1020. The Labute approximate surface area is 181 Å². The fourth-order valence-corrected chi connectivity index (χ4v) is 2.63. The van der Waals surface area contributed by atoms with Gasteiger partial charge in [0.25, 0.3) is 11.8 Å². The lowest BCUT2D eigenvalue weighted by Crippen LogP contribution is -2.37. The van der Waals surface area contributed by atoms with Crippen molar-refractivity contribution in [1.82, 2.24) is 10.9 Å². The minimum Gasteiger partial charge on any atom is -0.484 e. The highest BCUT2D eigenvalue weighted by molar-refractivity contribution is 6.04. The number of rotatable bonds is 9. The first kappa shape index (κ1) is 21.4. The molecular weight excluding hydrogens is 392 g/mol. The maximum absolute atomic E-state index is 12.3. The molecule has 0 heterocycles. The van der Waals surface area contributed by atoms with Crippen molar-refractivity contribution in [3.63, 3.8) is 0 Å². The van der Waals surface area contributed by atoms with Crippen molar-refractivity contribution in [2.24, 2.45) is 0 Å². The first-order valence-electron chi connectivity index (χ1n) is 9.72. The number of benzene rings is 3. The number of amides is 2. The number of hydrogen-bond donors (Lipinski definition) is 4. The smallest absolute Gasteiger partial charge is 0.276 e. The maximum Gasteiger partial charge on any atom is 0.276 e. The van der Waals surface area contributed by atoms with Crippen LogP contribution in [0.2, 0.25) is 0 Å². The van der Waals surface area contributed by atoms with Crippen LogP contribution in [0.3, 0.4) is 0 Å². The van der Waals surface area contributed by atoms with Gasteiger partial charge in [0.05, 0.1) is 0 Å². The molecule has 0 saturated heterocycles. The molecule has 0 atom stereocenters. The fraction of sp³-hybridized carbons (Fsp3) is 0.0833. The molecule has 7 nitrogen and oxygen atoms in total. The molecule has 0 aliphatic heterocycles. The summed E-state index contributed by atoms with van der Waals surface area (Å²) in [6.07, 6.45) is 3.40. The van der Waals surface area contributed by atoms with Crippen LogP contribution >= 0.6 is 0 Å². The summed E-state index contributed by atoms with van der Waals surface area (Å²) < 4.78 is 5.36. The van der Waals surface area contributed by atoms with E-state index in [2.05, 4.69) is 21.5 Å². The van der Waals surface area contributed by atoms with Crippen LogP contribution in [0.15, 0.2) is 85.1 Å². The summed E-state index contributed by atoms with van der Waals surface area (Å²) in [6.45, 7) is -0.0864. The van der Waals surface area contributed by atoms with Crippen molar-refractivity contribution < 1.29 is 14.3 Å². The molecular formula is C24H24N4O3. The summed E-state index contributed by atoms with van der Waals surface area (Å²) >= 11 is 0. The van der Waals surface area contributed by atoms with Crippen molar-refractivity contribution in [3.05, 3.63) is 96.2 Å². The van der Waals surface area contributed by atoms with Crippen LogP contribution in [0.4, 0.5) is 11.4 Å². The van der Waals surface area contributed by atoms with Crippen LogP contribution in [-0.2, 0) is 4.79 Å². The van der Waals surface area contributed by atoms with E-state index >= 15 is 0 Å². The van der Waals surface area contributed by atoms with Gasteiger partial charge in [0.15, 0.2) is 6.61 Å². The van der Waals surface area contributed by atoms with Gasteiger partial charge in [-0.05, 0) is 60.2 Å². The van der Waals surface area contributed by atoms with E-state index in [1.807, 2.05) is 61.6 Å². The van der Waals surface area contributed by atoms with Crippen molar-refractivity contribution in [3.8, 4) is 5.75 Å². The number of carbonyl (C=O) groups excluding carboxylic acids is 2. The van der Waals surface area contributed by atoms with Crippen LogP contribution in [-0.4, -0.2) is 25.5 Å². The number of para-hydroxylation sites is 1. The third kappa shape index (κ3) is 6.93. The first-order valence-corrected chi connectivity index (χ1v) is 9.72.